The van der Waals surface area contributed by atoms with E-state index in [9.17, 15) is 0 Å². The molecule has 3 nitrogen and oxygen atoms in total. The normalized spacial score (nSPS) is 10.4. The number of benzene rings is 1. The molecule has 0 amide bonds. The maximum atomic E-state index is 4.11. The number of aromatic nitrogens is 2. The first-order chi connectivity index (χ1) is 7.66. The van der Waals surface area contributed by atoms with Gasteiger partial charge in [-0.25, -0.2) is 0 Å². The van der Waals surface area contributed by atoms with Crippen LogP contribution in [0.3, 0.4) is 0 Å². The lowest BCUT2D eigenvalue weighted by Crippen LogP contribution is -2.04. The lowest BCUT2D eigenvalue weighted by Gasteiger charge is -2.07. The summed E-state index contributed by atoms with van der Waals surface area (Å²) in [6.45, 7) is 2.89. The number of halogens is 1. The predicted octanol–water partition coefficient (Wildman–Crippen LogP) is 3.10. The van der Waals surface area contributed by atoms with Gasteiger partial charge in [-0.2, -0.15) is 5.10 Å². The Balaban J connectivity index is 2.05. The van der Waals surface area contributed by atoms with Crippen molar-refractivity contribution in [2.24, 2.45) is 7.05 Å². The van der Waals surface area contributed by atoms with Crippen LogP contribution in [0.2, 0.25) is 0 Å². The van der Waals surface area contributed by atoms with Gasteiger partial charge in [0.05, 0.1) is 6.20 Å². The van der Waals surface area contributed by atoms with Gasteiger partial charge in [-0.1, -0.05) is 28.1 Å². The monoisotopic (exact) mass is 279 g/mol. The van der Waals surface area contributed by atoms with E-state index in [2.05, 4.69) is 51.5 Å². The molecule has 4 heteroatoms. The Hall–Kier alpha value is -1.29. The largest absolute Gasteiger partial charge is 0.366 e. The Labute approximate surface area is 104 Å². The highest BCUT2D eigenvalue weighted by molar-refractivity contribution is 9.10. The number of aryl methyl sites for hydroxylation is 2. The summed E-state index contributed by atoms with van der Waals surface area (Å²) in [6, 6.07) is 8.34. The van der Waals surface area contributed by atoms with Gasteiger partial charge < -0.3 is 5.32 Å². The number of anilines is 1. The summed E-state index contributed by atoms with van der Waals surface area (Å²) in [5.41, 5.74) is 2.50. The van der Waals surface area contributed by atoms with Gasteiger partial charge in [0.15, 0.2) is 0 Å². The van der Waals surface area contributed by atoms with Crippen LogP contribution in [0.1, 0.15) is 11.1 Å². The van der Waals surface area contributed by atoms with Crippen molar-refractivity contribution in [2.75, 3.05) is 5.32 Å². The molecule has 1 aromatic carbocycles. The zero-order valence-electron chi connectivity index (χ0n) is 9.37. The molecule has 1 heterocycles. The molecule has 0 radical (unpaired) electrons. The molecule has 1 N–H and O–H groups in total. The van der Waals surface area contributed by atoms with Crippen molar-refractivity contribution in [3.63, 3.8) is 0 Å². The quantitative estimate of drug-likeness (QED) is 0.936. The Morgan fingerprint density at radius 1 is 1.38 bits per heavy atom. The summed E-state index contributed by atoms with van der Waals surface area (Å²) in [5, 5.41) is 7.44. The Morgan fingerprint density at radius 2 is 2.19 bits per heavy atom. The highest BCUT2D eigenvalue weighted by Crippen LogP contribution is 2.18. The zero-order valence-corrected chi connectivity index (χ0v) is 11.0. The standard InChI is InChI=1S/C12H14BrN3/c1-9-3-4-10(7-11(9)13)8-14-12-5-6-15-16(12)2/h3-7,14H,8H2,1-2H3. The average molecular weight is 280 g/mol. The van der Waals surface area contributed by atoms with Gasteiger partial charge in [0, 0.05) is 24.1 Å². The van der Waals surface area contributed by atoms with E-state index in [0.717, 1.165) is 16.8 Å². The van der Waals surface area contributed by atoms with Gasteiger partial charge in [0.2, 0.25) is 0 Å². The lowest BCUT2D eigenvalue weighted by molar-refractivity contribution is 0.769. The molecule has 0 fully saturated rings. The fourth-order valence-electron chi connectivity index (χ4n) is 1.49. The van der Waals surface area contributed by atoms with Gasteiger partial charge in [-0.3, -0.25) is 4.68 Å². The second-order valence-electron chi connectivity index (χ2n) is 3.78. The molecule has 0 aliphatic rings. The molecule has 0 unspecified atom stereocenters. The Morgan fingerprint density at radius 3 is 2.81 bits per heavy atom. The molecule has 0 saturated carbocycles. The number of hydrogen-bond donors (Lipinski definition) is 1. The van der Waals surface area contributed by atoms with E-state index in [0.29, 0.717) is 0 Å². The molecular weight excluding hydrogens is 266 g/mol. The second kappa shape index (κ2) is 4.70. The zero-order chi connectivity index (χ0) is 11.5. The minimum atomic E-state index is 0.804. The molecule has 16 heavy (non-hydrogen) atoms. The fourth-order valence-corrected chi connectivity index (χ4v) is 1.91. The summed E-state index contributed by atoms with van der Waals surface area (Å²) in [5.74, 6) is 1.02. The summed E-state index contributed by atoms with van der Waals surface area (Å²) in [6.07, 6.45) is 1.79. The predicted molar refractivity (Wildman–Crippen MR) is 69.4 cm³/mol. The maximum Gasteiger partial charge on any atom is 0.124 e. The van der Waals surface area contributed by atoms with Gasteiger partial charge >= 0.3 is 0 Å². The number of nitrogens with zero attached hydrogens (tertiary/aromatic N) is 2. The molecule has 0 aliphatic heterocycles. The smallest absolute Gasteiger partial charge is 0.124 e. The molecule has 84 valence electrons. The maximum absolute atomic E-state index is 4.11. The van der Waals surface area contributed by atoms with Crippen LogP contribution in [0.5, 0.6) is 0 Å². The van der Waals surface area contributed by atoms with Gasteiger partial charge in [0.25, 0.3) is 0 Å². The summed E-state index contributed by atoms with van der Waals surface area (Å²) < 4.78 is 2.97. The van der Waals surface area contributed by atoms with Crippen molar-refractivity contribution in [3.05, 3.63) is 46.1 Å². The van der Waals surface area contributed by atoms with Crippen LogP contribution >= 0.6 is 15.9 Å². The van der Waals surface area contributed by atoms with E-state index in [1.165, 1.54) is 11.1 Å². The third-order valence-corrected chi connectivity index (χ3v) is 3.39. The fraction of sp³-hybridized carbons (Fsp3) is 0.250. The van der Waals surface area contributed by atoms with Gasteiger partial charge in [0.1, 0.15) is 5.82 Å². The minimum absolute atomic E-state index is 0.804. The molecule has 0 saturated heterocycles. The van der Waals surface area contributed by atoms with Gasteiger partial charge in [-0.05, 0) is 24.1 Å². The average Bonchev–Trinajstić information content (AvgIpc) is 2.66. The van der Waals surface area contributed by atoms with Crippen molar-refractivity contribution in [1.82, 2.24) is 9.78 Å². The van der Waals surface area contributed by atoms with Crippen molar-refractivity contribution < 1.29 is 0 Å². The highest BCUT2D eigenvalue weighted by atomic mass is 79.9. The van der Waals surface area contributed by atoms with Crippen LogP contribution in [0.25, 0.3) is 0 Å². The Bertz CT molecular complexity index is 491. The molecule has 0 aliphatic carbocycles. The van der Waals surface area contributed by atoms with E-state index in [-0.39, 0.29) is 0 Å². The minimum Gasteiger partial charge on any atom is -0.366 e. The first-order valence-corrected chi connectivity index (χ1v) is 5.93. The number of nitrogens with one attached hydrogen (secondary N) is 1. The van der Waals surface area contributed by atoms with Crippen LogP contribution in [0, 0.1) is 6.92 Å². The SMILES string of the molecule is Cc1ccc(CNc2ccnn2C)cc1Br. The van der Waals surface area contributed by atoms with Crippen molar-refractivity contribution in [1.29, 1.82) is 0 Å². The third-order valence-electron chi connectivity index (χ3n) is 2.53. The third kappa shape index (κ3) is 2.44. The van der Waals surface area contributed by atoms with Crippen molar-refractivity contribution in [3.8, 4) is 0 Å². The molecule has 2 rings (SSSR count). The number of rotatable bonds is 3. The summed E-state index contributed by atoms with van der Waals surface area (Å²) in [4.78, 5) is 0. The summed E-state index contributed by atoms with van der Waals surface area (Å²) in [7, 11) is 1.92. The van der Waals surface area contributed by atoms with Crippen LogP contribution in [0.15, 0.2) is 34.9 Å². The molecule has 1 aromatic heterocycles. The van der Waals surface area contributed by atoms with E-state index in [1.807, 2.05) is 17.8 Å². The highest BCUT2D eigenvalue weighted by Gasteiger charge is 2.00. The van der Waals surface area contributed by atoms with Crippen LogP contribution < -0.4 is 5.32 Å². The molecule has 2 aromatic rings. The van der Waals surface area contributed by atoms with Crippen LogP contribution in [-0.2, 0) is 13.6 Å². The molecule has 0 atom stereocenters. The van der Waals surface area contributed by atoms with E-state index in [1.54, 1.807) is 6.20 Å². The second-order valence-corrected chi connectivity index (χ2v) is 4.63. The van der Waals surface area contributed by atoms with Crippen LogP contribution in [0.4, 0.5) is 5.82 Å². The molecular formula is C12H14BrN3. The topological polar surface area (TPSA) is 29.9 Å². The van der Waals surface area contributed by atoms with E-state index in [4.69, 9.17) is 0 Å². The molecule has 0 bridgehead atoms. The van der Waals surface area contributed by atoms with Crippen LogP contribution in [-0.4, -0.2) is 9.78 Å². The van der Waals surface area contributed by atoms with Gasteiger partial charge in [-0.15, -0.1) is 0 Å². The number of hydrogen-bond acceptors (Lipinski definition) is 2. The summed E-state index contributed by atoms with van der Waals surface area (Å²) >= 11 is 3.53. The molecule has 0 spiro atoms. The van der Waals surface area contributed by atoms with Crippen molar-refractivity contribution >= 4 is 21.7 Å². The first kappa shape index (κ1) is 11.2. The van der Waals surface area contributed by atoms with E-state index >= 15 is 0 Å². The Kier molecular flexibility index (Phi) is 3.29. The van der Waals surface area contributed by atoms with Crippen molar-refractivity contribution in [2.45, 2.75) is 13.5 Å². The van der Waals surface area contributed by atoms with E-state index < -0.39 is 0 Å². The lowest BCUT2D eigenvalue weighted by atomic mass is 10.1. The first-order valence-electron chi connectivity index (χ1n) is 5.14.